The van der Waals surface area contributed by atoms with Gasteiger partial charge in [-0.05, 0) is 61.7 Å². The number of amides is 1. The fourth-order valence-electron chi connectivity index (χ4n) is 3.31. The van der Waals surface area contributed by atoms with E-state index in [-0.39, 0.29) is 16.6 Å². The van der Waals surface area contributed by atoms with Gasteiger partial charge in [-0.15, -0.1) is 0 Å². The Morgan fingerprint density at radius 2 is 1.89 bits per heavy atom. The van der Waals surface area contributed by atoms with Gasteiger partial charge in [-0.25, -0.2) is 8.42 Å². The van der Waals surface area contributed by atoms with Crippen LogP contribution < -0.4 is 9.62 Å². The first-order valence-electron chi connectivity index (χ1n) is 9.02. The van der Waals surface area contributed by atoms with Gasteiger partial charge in [0.1, 0.15) is 0 Å². The SMILES string of the molecule is Cc1ccc(S(=O)(=O)Nc2ccc3c(c2)N(C(=O)c2ccco2)CCC3)cc1. The van der Waals surface area contributed by atoms with Crippen molar-refractivity contribution < 1.29 is 17.6 Å². The van der Waals surface area contributed by atoms with Crippen molar-refractivity contribution in [1.82, 2.24) is 0 Å². The highest BCUT2D eigenvalue weighted by atomic mass is 32.2. The number of carbonyl (C=O) groups is 1. The van der Waals surface area contributed by atoms with E-state index < -0.39 is 10.0 Å². The molecule has 0 aliphatic carbocycles. The molecule has 0 saturated carbocycles. The maximum absolute atomic E-state index is 12.8. The quantitative estimate of drug-likeness (QED) is 0.723. The molecule has 0 radical (unpaired) electrons. The minimum absolute atomic E-state index is 0.194. The Labute approximate surface area is 163 Å². The Balaban J connectivity index is 1.65. The average Bonchev–Trinajstić information content (AvgIpc) is 3.22. The van der Waals surface area contributed by atoms with Gasteiger partial charge in [0.25, 0.3) is 15.9 Å². The molecule has 0 spiro atoms. The predicted molar refractivity (Wildman–Crippen MR) is 107 cm³/mol. The highest BCUT2D eigenvalue weighted by molar-refractivity contribution is 7.92. The molecule has 7 heteroatoms. The molecule has 1 aromatic heterocycles. The summed E-state index contributed by atoms with van der Waals surface area (Å²) in [5.74, 6) is 0.0305. The molecule has 1 amide bonds. The number of nitrogens with zero attached hydrogens (tertiary/aromatic N) is 1. The molecule has 144 valence electrons. The number of hydrogen-bond donors (Lipinski definition) is 1. The van der Waals surface area contributed by atoms with Crippen LogP contribution in [-0.2, 0) is 16.4 Å². The molecule has 0 bridgehead atoms. The van der Waals surface area contributed by atoms with Crippen LogP contribution in [0.25, 0.3) is 0 Å². The molecule has 1 aliphatic rings. The number of furan rings is 1. The topological polar surface area (TPSA) is 79.6 Å². The maximum atomic E-state index is 12.8. The molecule has 1 N–H and O–H groups in total. The third-order valence-electron chi connectivity index (χ3n) is 4.76. The lowest BCUT2D eigenvalue weighted by Crippen LogP contribution is -2.35. The fraction of sp³-hybridized carbons (Fsp3) is 0.190. The lowest BCUT2D eigenvalue weighted by molar-refractivity contribution is 0.0958. The predicted octanol–water partition coefficient (Wildman–Crippen LogP) is 3.98. The summed E-state index contributed by atoms with van der Waals surface area (Å²) in [4.78, 5) is 14.6. The molecule has 0 unspecified atom stereocenters. The molecule has 2 aromatic carbocycles. The van der Waals surface area contributed by atoms with E-state index in [4.69, 9.17) is 4.42 Å². The number of nitrogens with one attached hydrogen (secondary N) is 1. The Bertz CT molecular complexity index is 1100. The molecule has 28 heavy (non-hydrogen) atoms. The first kappa shape index (κ1) is 18.3. The van der Waals surface area contributed by atoms with Gasteiger partial charge in [0.05, 0.1) is 16.8 Å². The van der Waals surface area contributed by atoms with E-state index in [0.717, 1.165) is 24.0 Å². The van der Waals surface area contributed by atoms with Crippen molar-refractivity contribution in [3.63, 3.8) is 0 Å². The third kappa shape index (κ3) is 3.53. The zero-order valence-corrected chi connectivity index (χ0v) is 16.2. The molecule has 0 atom stereocenters. The van der Waals surface area contributed by atoms with Crippen molar-refractivity contribution in [3.8, 4) is 0 Å². The molecule has 1 aliphatic heterocycles. The molecule has 0 saturated heterocycles. The van der Waals surface area contributed by atoms with E-state index in [0.29, 0.717) is 17.9 Å². The summed E-state index contributed by atoms with van der Waals surface area (Å²) >= 11 is 0. The van der Waals surface area contributed by atoms with Crippen LogP contribution in [0.15, 0.2) is 70.2 Å². The number of fused-ring (bicyclic) bond motifs is 1. The van der Waals surface area contributed by atoms with Gasteiger partial charge in [0, 0.05) is 12.2 Å². The first-order valence-corrected chi connectivity index (χ1v) is 10.5. The van der Waals surface area contributed by atoms with E-state index >= 15 is 0 Å². The molecule has 4 rings (SSSR count). The number of anilines is 2. The molecular weight excluding hydrogens is 376 g/mol. The van der Waals surface area contributed by atoms with E-state index in [1.807, 2.05) is 13.0 Å². The average molecular weight is 396 g/mol. The normalized spacial score (nSPS) is 13.8. The van der Waals surface area contributed by atoms with Crippen LogP contribution in [0.5, 0.6) is 0 Å². The summed E-state index contributed by atoms with van der Waals surface area (Å²) in [6.07, 6.45) is 3.14. The van der Waals surface area contributed by atoms with Crippen LogP contribution in [0.2, 0.25) is 0 Å². The minimum atomic E-state index is -3.71. The Morgan fingerprint density at radius 3 is 2.61 bits per heavy atom. The van der Waals surface area contributed by atoms with Gasteiger partial charge in [-0.1, -0.05) is 23.8 Å². The largest absolute Gasteiger partial charge is 0.459 e. The summed E-state index contributed by atoms with van der Waals surface area (Å²) in [5, 5.41) is 0. The van der Waals surface area contributed by atoms with Gasteiger partial charge in [0.15, 0.2) is 5.76 Å². The number of hydrogen-bond acceptors (Lipinski definition) is 4. The molecule has 0 fully saturated rings. The van der Waals surface area contributed by atoms with Gasteiger partial charge < -0.3 is 9.32 Å². The van der Waals surface area contributed by atoms with Gasteiger partial charge >= 0.3 is 0 Å². The number of carbonyl (C=O) groups excluding carboxylic acids is 1. The highest BCUT2D eigenvalue weighted by Crippen LogP contribution is 2.32. The second-order valence-electron chi connectivity index (χ2n) is 6.80. The van der Waals surface area contributed by atoms with Crippen LogP contribution in [0.3, 0.4) is 0 Å². The lowest BCUT2D eigenvalue weighted by atomic mass is 10.0. The first-order chi connectivity index (χ1) is 13.4. The lowest BCUT2D eigenvalue weighted by Gasteiger charge is -2.29. The number of benzene rings is 2. The smallest absolute Gasteiger partial charge is 0.293 e. The minimum Gasteiger partial charge on any atom is -0.459 e. The van der Waals surface area contributed by atoms with Crippen molar-refractivity contribution in [2.75, 3.05) is 16.2 Å². The zero-order chi connectivity index (χ0) is 19.7. The summed E-state index contributed by atoms with van der Waals surface area (Å²) in [5.41, 5.74) is 3.11. The van der Waals surface area contributed by atoms with E-state index in [1.54, 1.807) is 53.4 Å². The van der Waals surface area contributed by atoms with Crippen molar-refractivity contribution in [1.29, 1.82) is 0 Å². The maximum Gasteiger partial charge on any atom is 0.293 e. The highest BCUT2D eigenvalue weighted by Gasteiger charge is 2.26. The summed E-state index contributed by atoms with van der Waals surface area (Å²) < 4.78 is 33.2. The van der Waals surface area contributed by atoms with Crippen molar-refractivity contribution in [3.05, 3.63) is 77.7 Å². The Morgan fingerprint density at radius 1 is 1.11 bits per heavy atom. The summed E-state index contributed by atoms with van der Waals surface area (Å²) in [6.45, 7) is 2.46. The van der Waals surface area contributed by atoms with Crippen LogP contribution in [-0.4, -0.2) is 20.9 Å². The molecule has 2 heterocycles. The molecule has 6 nitrogen and oxygen atoms in total. The third-order valence-corrected chi connectivity index (χ3v) is 6.16. The molecular formula is C21H20N2O4S. The van der Waals surface area contributed by atoms with E-state index in [9.17, 15) is 13.2 Å². The van der Waals surface area contributed by atoms with Crippen LogP contribution >= 0.6 is 0 Å². The monoisotopic (exact) mass is 396 g/mol. The standard InChI is InChI=1S/C21H20N2O4S/c1-15-6-10-18(11-7-15)28(25,26)22-17-9-8-16-4-2-12-23(19(16)14-17)21(24)20-5-3-13-27-20/h3,5-11,13-14,22H,2,4,12H2,1H3. The second-order valence-corrected chi connectivity index (χ2v) is 8.48. The summed E-state index contributed by atoms with van der Waals surface area (Å²) in [7, 11) is -3.71. The fourth-order valence-corrected chi connectivity index (χ4v) is 4.36. The van der Waals surface area contributed by atoms with Crippen molar-refractivity contribution in [2.24, 2.45) is 0 Å². The van der Waals surface area contributed by atoms with Crippen LogP contribution in [0, 0.1) is 6.92 Å². The Hall–Kier alpha value is -3.06. The zero-order valence-electron chi connectivity index (χ0n) is 15.4. The Kier molecular flexibility index (Phi) is 4.68. The van der Waals surface area contributed by atoms with Gasteiger partial charge in [-0.3, -0.25) is 9.52 Å². The number of rotatable bonds is 4. The number of aryl methyl sites for hydroxylation is 2. The van der Waals surface area contributed by atoms with E-state index in [2.05, 4.69) is 4.72 Å². The van der Waals surface area contributed by atoms with Crippen molar-refractivity contribution in [2.45, 2.75) is 24.7 Å². The van der Waals surface area contributed by atoms with Crippen molar-refractivity contribution >= 4 is 27.3 Å². The van der Waals surface area contributed by atoms with Crippen LogP contribution in [0.4, 0.5) is 11.4 Å². The van der Waals surface area contributed by atoms with Gasteiger partial charge in [0.2, 0.25) is 0 Å². The number of sulfonamides is 1. The second kappa shape index (κ2) is 7.16. The van der Waals surface area contributed by atoms with Crippen LogP contribution in [0.1, 0.15) is 28.1 Å². The van der Waals surface area contributed by atoms with Gasteiger partial charge in [-0.2, -0.15) is 0 Å². The van der Waals surface area contributed by atoms with E-state index in [1.165, 1.54) is 6.26 Å². The molecule has 3 aromatic rings. The summed E-state index contributed by atoms with van der Waals surface area (Å²) in [6, 6.07) is 15.3.